The number of nitrogens with zero attached hydrogens (tertiary/aromatic N) is 1. The molecular formula is C19H14ClF3N2O2. The molecule has 1 amide bonds. The number of alkyl halides is 3. The molecule has 0 aliphatic heterocycles. The second-order valence-corrected chi connectivity index (χ2v) is 6.48. The van der Waals surface area contributed by atoms with Crippen molar-refractivity contribution in [2.75, 3.05) is 5.32 Å². The van der Waals surface area contributed by atoms with Gasteiger partial charge in [0.25, 0.3) is 0 Å². The van der Waals surface area contributed by atoms with Crippen LogP contribution >= 0.6 is 11.6 Å². The largest absolute Gasteiger partial charge is 0.416 e. The quantitative estimate of drug-likeness (QED) is 0.704. The summed E-state index contributed by atoms with van der Waals surface area (Å²) in [5, 5.41) is 2.85. The molecule has 1 N–H and O–H groups in total. The number of carbonyl (C=O) groups excluding carboxylic acids is 1. The van der Waals surface area contributed by atoms with E-state index in [0.717, 1.165) is 23.8 Å². The van der Waals surface area contributed by atoms with Crippen LogP contribution in [0.1, 0.15) is 11.1 Å². The highest BCUT2D eigenvalue weighted by Crippen LogP contribution is 2.33. The maximum absolute atomic E-state index is 12.8. The molecule has 0 aliphatic carbocycles. The molecule has 1 aromatic heterocycles. The minimum absolute atomic E-state index is 0.00302. The van der Waals surface area contributed by atoms with Gasteiger partial charge >= 0.3 is 6.18 Å². The number of pyridine rings is 1. The highest BCUT2D eigenvalue weighted by molar-refractivity contribution is 6.33. The lowest BCUT2D eigenvalue weighted by molar-refractivity contribution is -0.137. The molecule has 0 atom stereocenters. The number of aromatic nitrogens is 1. The van der Waals surface area contributed by atoms with Gasteiger partial charge in [0, 0.05) is 17.6 Å². The van der Waals surface area contributed by atoms with Crippen LogP contribution in [0.25, 0.3) is 10.9 Å². The fraction of sp³-hybridized carbons (Fsp3) is 0.158. The predicted octanol–water partition coefficient (Wildman–Crippen LogP) is 4.62. The van der Waals surface area contributed by atoms with E-state index in [-0.39, 0.29) is 22.7 Å². The SMILES string of the molecule is Cc1ccc2c(c1)c(=O)ccn2CC(=O)Nc1cc(C(F)(F)F)ccc1Cl. The van der Waals surface area contributed by atoms with E-state index in [9.17, 15) is 22.8 Å². The second-order valence-electron chi connectivity index (χ2n) is 6.07. The van der Waals surface area contributed by atoms with Crippen LogP contribution in [0.5, 0.6) is 0 Å². The van der Waals surface area contributed by atoms with Crippen LogP contribution in [0, 0.1) is 6.92 Å². The smallest absolute Gasteiger partial charge is 0.338 e. The summed E-state index contributed by atoms with van der Waals surface area (Å²) >= 11 is 5.90. The summed E-state index contributed by atoms with van der Waals surface area (Å²) in [5.74, 6) is -0.568. The zero-order chi connectivity index (χ0) is 19.8. The minimum atomic E-state index is -4.54. The van der Waals surface area contributed by atoms with E-state index in [1.807, 2.05) is 6.92 Å². The Morgan fingerprint density at radius 2 is 1.89 bits per heavy atom. The van der Waals surface area contributed by atoms with E-state index in [0.29, 0.717) is 10.9 Å². The molecule has 27 heavy (non-hydrogen) atoms. The van der Waals surface area contributed by atoms with Crippen LogP contribution in [-0.4, -0.2) is 10.5 Å². The molecule has 0 spiro atoms. The van der Waals surface area contributed by atoms with E-state index in [1.54, 1.807) is 22.8 Å². The van der Waals surface area contributed by atoms with Crippen molar-refractivity contribution in [3.8, 4) is 0 Å². The van der Waals surface area contributed by atoms with Gasteiger partial charge in [0.05, 0.1) is 21.8 Å². The Balaban J connectivity index is 1.88. The van der Waals surface area contributed by atoms with Crippen LogP contribution in [0.3, 0.4) is 0 Å². The Morgan fingerprint density at radius 3 is 2.59 bits per heavy atom. The zero-order valence-corrected chi connectivity index (χ0v) is 14.9. The Labute approximate surface area is 157 Å². The van der Waals surface area contributed by atoms with E-state index < -0.39 is 17.6 Å². The summed E-state index contributed by atoms with van der Waals surface area (Å²) in [6.45, 7) is 1.66. The summed E-state index contributed by atoms with van der Waals surface area (Å²) in [4.78, 5) is 24.3. The van der Waals surface area contributed by atoms with Crippen molar-refractivity contribution >= 4 is 34.1 Å². The van der Waals surface area contributed by atoms with Crippen LogP contribution < -0.4 is 10.7 Å². The highest BCUT2D eigenvalue weighted by Gasteiger charge is 2.31. The molecule has 0 saturated carbocycles. The molecule has 140 valence electrons. The number of nitrogens with one attached hydrogen (secondary N) is 1. The molecule has 0 fully saturated rings. The third-order valence-electron chi connectivity index (χ3n) is 4.01. The monoisotopic (exact) mass is 394 g/mol. The number of amides is 1. The van der Waals surface area contributed by atoms with Gasteiger partial charge in [0.1, 0.15) is 6.54 Å². The molecule has 0 radical (unpaired) electrons. The van der Waals surface area contributed by atoms with Gasteiger partial charge in [-0.25, -0.2) is 0 Å². The lowest BCUT2D eigenvalue weighted by Gasteiger charge is -2.14. The number of halogens is 4. The molecule has 0 saturated heterocycles. The summed E-state index contributed by atoms with van der Waals surface area (Å²) < 4.78 is 40.1. The molecule has 4 nitrogen and oxygen atoms in total. The number of hydrogen-bond donors (Lipinski definition) is 1. The summed E-state index contributed by atoms with van der Waals surface area (Å²) in [6.07, 6.45) is -3.08. The first kappa shape index (κ1) is 19.0. The Kier molecular flexibility index (Phi) is 4.97. The van der Waals surface area contributed by atoms with E-state index in [1.165, 1.54) is 12.3 Å². The lowest BCUT2D eigenvalue weighted by atomic mass is 10.1. The molecule has 2 aromatic carbocycles. The van der Waals surface area contributed by atoms with Crippen LogP contribution in [0.2, 0.25) is 5.02 Å². The number of rotatable bonds is 3. The van der Waals surface area contributed by atoms with Crippen molar-refractivity contribution < 1.29 is 18.0 Å². The van der Waals surface area contributed by atoms with E-state index in [4.69, 9.17) is 11.6 Å². The first-order chi connectivity index (χ1) is 12.6. The predicted molar refractivity (Wildman–Crippen MR) is 98.0 cm³/mol. The van der Waals surface area contributed by atoms with Crippen molar-refractivity contribution in [3.05, 3.63) is 75.0 Å². The van der Waals surface area contributed by atoms with Crippen LogP contribution in [0.4, 0.5) is 18.9 Å². The van der Waals surface area contributed by atoms with Gasteiger partial charge < -0.3 is 9.88 Å². The topological polar surface area (TPSA) is 51.1 Å². The molecule has 0 bridgehead atoms. The molecular weight excluding hydrogens is 381 g/mol. The third kappa shape index (κ3) is 4.14. The Hall–Kier alpha value is -2.80. The van der Waals surface area contributed by atoms with Gasteiger partial charge in [-0.3, -0.25) is 9.59 Å². The number of hydrogen-bond acceptors (Lipinski definition) is 2. The average Bonchev–Trinajstić information content (AvgIpc) is 2.58. The van der Waals surface area contributed by atoms with Gasteiger partial charge in [0.2, 0.25) is 5.91 Å². The number of aryl methyl sites for hydroxylation is 1. The van der Waals surface area contributed by atoms with Gasteiger partial charge in [-0.05, 0) is 37.3 Å². The number of anilines is 1. The maximum atomic E-state index is 12.8. The zero-order valence-electron chi connectivity index (χ0n) is 14.1. The molecule has 0 aliphatic rings. The Morgan fingerprint density at radius 1 is 1.15 bits per heavy atom. The summed E-state index contributed by atoms with van der Waals surface area (Å²) in [5.41, 5.74) is 0.242. The van der Waals surface area contributed by atoms with Gasteiger partial charge in [-0.15, -0.1) is 0 Å². The summed E-state index contributed by atoms with van der Waals surface area (Å²) in [6, 6.07) is 9.29. The number of benzene rings is 2. The van der Waals surface area contributed by atoms with E-state index >= 15 is 0 Å². The van der Waals surface area contributed by atoms with Crippen molar-refractivity contribution in [3.63, 3.8) is 0 Å². The van der Waals surface area contributed by atoms with Crippen molar-refractivity contribution in [2.45, 2.75) is 19.6 Å². The number of carbonyl (C=O) groups is 1. The number of fused-ring (bicyclic) bond motifs is 1. The first-order valence-electron chi connectivity index (χ1n) is 7.91. The third-order valence-corrected chi connectivity index (χ3v) is 4.34. The molecule has 1 heterocycles. The average molecular weight is 395 g/mol. The van der Waals surface area contributed by atoms with Crippen molar-refractivity contribution in [1.29, 1.82) is 0 Å². The molecule has 0 unspecified atom stereocenters. The highest BCUT2D eigenvalue weighted by atomic mass is 35.5. The van der Waals surface area contributed by atoms with Crippen LogP contribution in [-0.2, 0) is 17.5 Å². The molecule has 8 heteroatoms. The standard InChI is InChI=1S/C19H14ClF3N2O2/c1-11-2-5-16-13(8-11)17(26)6-7-25(16)10-18(27)24-15-9-12(19(21,22)23)3-4-14(15)20/h2-9H,10H2,1H3,(H,24,27). The fourth-order valence-corrected chi connectivity index (χ4v) is 2.87. The van der Waals surface area contributed by atoms with E-state index in [2.05, 4.69) is 5.32 Å². The first-order valence-corrected chi connectivity index (χ1v) is 8.29. The fourth-order valence-electron chi connectivity index (χ4n) is 2.71. The summed E-state index contributed by atoms with van der Waals surface area (Å²) in [7, 11) is 0. The van der Waals surface area contributed by atoms with Crippen molar-refractivity contribution in [2.24, 2.45) is 0 Å². The van der Waals surface area contributed by atoms with Crippen molar-refractivity contribution in [1.82, 2.24) is 4.57 Å². The maximum Gasteiger partial charge on any atom is 0.416 e. The van der Waals surface area contributed by atoms with Gasteiger partial charge in [-0.1, -0.05) is 23.2 Å². The minimum Gasteiger partial charge on any atom is -0.338 e. The lowest BCUT2D eigenvalue weighted by Crippen LogP contribution is -2.21. The van der Waals surface area contributed by atoms with Crippen LogP contribution in [0.15, 0.2) is 53.5 Å². The van der Waals surface area contributed by atoms with Gasteiger partial charge in [-0.2, -0.15) is 13.2 Å². The second kappa shape index (κ2) is 7.08. The molecule has 3 aromatic rings. The normalized spacial score (nSPS) is 11.6. The van der Waals surface area contributed by atoms with Gasteiger partial charge in [0.15, 0.2) is 5.43 Å². The molecule has 3 rings (SSSR count). The Bertz CT molecular complexity index is 1090.